The number of thiazole rings is 1. The van der Waals surface area contributed by atoms with E-state index in [0.29, 0.717) is 5.57 Å². The summed E-state index contributed by atoms with van der Waals surface area (Å²) in [5.74, 6) is 0.727. The van der Waals surface area contributed by atoms with Crippen LogP contribution in [0.15, 0.2) is 28.7 Å². The van der Waals surface area contributed by atoms with Gasteiger partial charge in [0.05, 0.1) is 11.3 Å². The lowest BCUT2D eigenvalue weighted by Gasteiger charge is -2.15. The molecule has 0 bridgehead atoms. The molecule has 0 fully saturated rings. The molecule has 1 heterocycles. The number of nitriles is 1. The molecular formula is C17H15BrN2S. The second-order valence-corrected chi connectivity index (χ2v) is 7.46. The van der Waals surface area contributed by atoms with E-state index in [1.165, 1.54) is 17.0 Å². The predicted molar refractivity (Wildman–Crippen MR) is 90.9 cm³/mol. The zero-order chi connectivity index (χ0) is 14.8. The fourth-order valence-corrected chi connectivity index (χ4v) is 4.21. The Balaban J connectivity index is 1.96. The molecule has 4 heteroatoms. The van der Waals surface area contributed by atoms with E-state index in [1.54, 1.807) is 11.3 Å². The van der Waals surface area contributed by atoms with Gasteiger partial charge in [-0.15, -0.1) is 11.3 Å². The molecule has 0 N–H and O–H groups in total. The summed E-state index contributed by atoms with van der Waals surface area (Å²) in [5.41, 5.74) is 2.87. The van der Waals surface area contributed by atoms with Gasteiger partial charge in [-0.25, -0.2) is 4.98 Å². The number of benzene rings is 1. The average molecular weight is 359 g/mol. The van der Waals surface area contributed by atoms with Crippen LogP contribution in [0.4, 0.5) is 0 Å². The topological polar surface area (TPSA) is 36.7 Å². The van der Waals surface area contributed by atoms with Gasteiger partial charge in [-0.2, -0.15) is 5.26 Å². The second-order valence-electron chi connectivity index (χ2n) is 5.46. The Kier molecular flexibility index (Phi) is 4.23. The van der Waals surface area contributed by atoms with Gasteiger partial charge >= 0.3 is 0 Å². The predicted octanol–water partition coefficient (Wildman–Crippen LogP) is 5.09. The Bertz CT molecular complexity index is 739. The van der Waals surface area contributed by atoms with Crippen molar-refractivity contribution in [1.82, 2.24) is 4.98 Å². The number of hydrogen-bond donors (Lipinski definition) is 0. The third-order valence-corrected chi connectivity index (χ3v) is 5.34. The SMILES string of the molecule is CC1CCc2nc(C(C#N)=Cc3cccc(Br)c3)sc2C1. The minimum Gasteiger partial charge on any atom is -0.240 e. The first kappa shape index (κ1) is 14.5. The van der Waals surface area contributed by atoms with Crippen molar-refractivity contribution in [2.24, 2.45) is 5.92 Å². The highest BCUT2D eigenvalue weighted by molar-refractivity contribution is 9.10. The third-order valence-electron chi connectivity index (χ3n) is 3.70. The van der Waals surface area contributed by atoms with Crippen LogP contribution in [-0.4, -0.2) is 4.98 Å². The molecular weight excluding hydrogens is 344 g/mol. The highest BCUT2D eigenvalue weighted by Crippen LogP contribution is 2.33. The monoisotopic (exact) mass is 358 g/mol. The number of rotatable bonds is 2. The molecule has 1 aromatic heterocycles. The number of fused-ring (bicyclic) bond motifs is 1. The number of allylic oxidation sites excluding steroid dienone is 1. The van der Waals surface area contributed by atoms with Gasteiger partial charge in [-0.3, -0.25) is 0 Å². The normalized spacial score (nSPS) is 18.1. The molecule has 3 rings (SSSR count). The van der Waals surface area contributed by atoms with Crippen molar-refractivity contribution >= 4 is 38.9 Å². The Morgan fingerprint density at radius 2 is 2.38 bits per heavy atom. The number of aromatic nitrogens is 1. The maximum Gasteiger partial charge on any atom is 0.134 e. The zero-order valence-electron chi connectivity index (χ0n) is 11.8. The van der Waals surface area contributed by atoms with Crippen LogP contribution in [0, 0.1) is 17.2 Å². The summed E-state index contributed by atoms with van der Waals surface area (Å²) in [4.78, 5) is 6.05. The summed E-state index contributed by atoms with van der Waals surface area (Å²) in [6, 6.07) is 10.3. The molecule has 0 saturated carbocycles. The van der Waals surface area contributed by atoms with Crippen molar-refractivity contribution in [2.75, 3.05) is 0 Å². The lowest BCUT2D eigenvalue weighted by molar-refractivity contribution is 0.502. The van der Waals surface area contributed by atoms with Gasteiger partial charge in [0.15, 0.2) is 0 Å². The minimum absolute atomic E-state index is 0.653. The molecule has 2 aromatic rings. The van der Waals surface area contributed by atoms with E-state index in [1.807, 2.05) is 30.3 Å². The van der Waals surface area contributed by atoms with Crippen LogP contribution in [0.5, 0.6) is 0 Å². The molecule has 0 spiro atoms. The number of nitrogens with zero attached hydrogens (tertiary/aromatic N) is 2. The lowest BCUT2D eigenvalue weighted by Crippen LogP contribution is -2.09. The van der Waals surface area contributed by atoms with Gasteiger partial charge in [0, 0.05) is 9.35 Å². The van der Waals surface area contributed by atoms with Gasteiger partial charge in [0.1, 0.15) is 11.1 Å². The quantitative estimate of drug-likeness (QED) is 0.700. The van der Waals surface area contributed by atoms with Crippen molar-refractivity contribution in [1.29, 1.82) is 5.26 Å². The zero-order valence-corrected chi connectivity index (χ0v) is 14.2. The van der Waals surface area contributed by atoms with E-state index >= 15 is 0 Å². The summed E-state index contributed by atoms with van der Waals surface area (Å²) < 4.78 is 1.01. The van der Waals surface area contributed by atoms with E-state index in [2.05, 4.69) is 28.9 Å². The molecule has 2 nitrogen and oxygen atoms in total. The summed E-state index contributed by atoms with van der Waals surface area (Å²) in [7, 11) is 0. The Morgan fingerprint density at radius 1 is 1.52 bits per heavy atom. The molecule has 1 aliphatic rings. The first-order valence-corrected chi connectivity index (χ1v) is 8.63. The molecule has 1 aliphatic carbocycles. The Morgan fingerprint density at radius 3 is 3.14 bits per heavy atom. The van der Waals surface area contributed by atoms with Crippen LogP contribution in [0.2, 0.25) is 0 Å². The molecule has 0 amide bonds. The van der Waals surface area contributed by atoms with Gasteiger partial charge in [0.2, 0.25) is 0 Å². The largest absolute Gasteiger partial charge is 0.240 e. The van der Waals surface area contributed by atoms with Crippen LogP contribution < -0.4 is 0 Å². The van der Waals surface area contributed by atoms with Crippen LogP contribution in [0.3, 0.4) is 0 Å². The highest BCUT2D eigenvalue weighted by atomic mass is 79.9. The van der Waals surface area contributed by atoms with E-state index in [-0.39, 0.29) is 0 Å². The van der Waals surface area contributed by atoms with E-state index in [4.69, 9.17) is 4.98 Å². The molecule has 1 aromatic carbocycles. The molecule has 1 atom stereocenters. The molecule has 0 aliphatic heterocycles. The summed E-state index contributed by atoms with van der Waals surface area (Å²) in [6.45, 7) is 2.28. The number of hydrogen-bond acceptors (Lipinski definition) is 3. The number of halogens is 1. The Hall–Kier alpha value is -1.44. The van der Waals surface area contributed by atoms with E-state index in [9.17, 15) is 5.26 Å². The maximum absolute atomic E-state index is 9.46. The fraction of sp³-hybridized carbons (Fsp3) is 0.294. The molecule has 106 valence electrons. The van der Waals surface area contributed by atoms with Crippen molar-refractivity contribution in [3.05, 3.63) is 49.9 Å². The number of aryl methyl sites for hydroxylation is 1. The summed E-state index contributed by atoms with van der Waals surface area (Å²) in [6.07, 6.45) is 5.26. The van der Waals surface area contributed by atoms with Crippen molar-refractivity contribution in [3.63, 3.8) is 0 Å². The Labute approximate surface area is 137 Å². The van der Waals surface area contributed by atoms with Crippen LogP contribution in [0.25, 0.3) is 11.6 Å². The first-order chi connectivity index (χ1) is 10.2. The highest BCUT2D eigenvalue weighted by Gasteiger charge is 2.20. The van der Waals surface area contributed by atoms with E-state index in [0.717, 1.165) is 33.8 Å². The van der Waals surface area contributed by atoms with Gasteiger partial charge in [-0.1, -0.05) is 35.0 Å². The van der Waals surface area contributed by atoms with Crippen molar-refractivity contribution < 1.29 is 0 Å². The second kappa shape index (κ2) is 6.13. The standard InChI is InChI=1S/C17H15BrN2S/c1-11-5-6-15-16(7-11)21-17(20-15)13(10-19)8-12-3-2-4-14(18)9-12/h2-4,8-9,11H,5-7H2,1H3. The van der Waals surface area contributed by atoms with E-state index < -0.39 is 0 Å². The molecule has 21 heavy (non-hydrogen) atoms. The third kappa shape index (κ3) is 3.25. The summed E-state index contributed by atoms with van der Waals surface area (Å²) in [5, 5.41) is 10.3. The molecule has 0 radical (unpaired) electrons. The molecule has 1 unspecified atom stereocenters. The fourth-order valence-electron chi connectivity index (χ4n) is 2.56. The smallest absolute Gasteiger partial charge is 0.134 e. The van der Waals surface area contributed by atoms with Crippen molar-refractivity contribution in [3.8, 4) is 6.07 Å². The average Bonchev–Trinajstić information content (AvgIpc) is 2.87. The van der Waals surface area contributed by atoms with Gasteiger partial charge in [-0.05, 0) is 49.0 Å². The van der Waals surface area contributed by atoms with Crippen molar-refractivity contribution in [2.45, 2.75) is 26.2 Å². The maximum atomic E-state index is 9.46. The van der Waals surface area contributed by atoms with Crippen LogP contribution >= 0.6 is 27.3 Å². The van der Waals surface area contributed by atoms with Crippen LogP contribution in [-0.2, 0) is 12.8 Å². The van der Waals surface area contributed by atoms with Gasteiger partial charge in [0.25, 0.3) is 0 Å². The molecule has 0 saturated heterocycles. The van der Waals surface area contributed by atoms with Crippen LogP contribution in [0.1, 0.15) is 34.5 Å². The first-order valence-electron chi connectivity index (χ1n) is 7.02. The minimum atomic E-state index is 0.653. The summed E-state index contributed by atoms with van der Waals surface area (Å²) >= 11 is 5.14. The van der Waals surface area contributed by atoms with Gasteiger partial charge < -0.3 is 0 Å². The lowest BCUT2D eigenvalue weighted by atomic mass is 9.93.